The number of ether oxygens (including phenoxy) is 3. The van der Waals surface area contributed by atoms with Gasteiger partial charge in [0.15, 0.2) is 11.5 Å². The van der Waals surface area contributed by atoms with Crippen molar-refractivity contribution in [3.63, 3.8) is 0 Å². The molecule has 3 rings (SSSR count). The van der Waals surface area contributed by atoms with Crippen molar-refractivity contribution in [3.05, 3.63) is 59.2 Å². The fraction of sp³-hybridized carbons (Fsp3) is 0.360. The van der Waals surface area contributed by atoms with Crippen LogP contribution in [0.2, 0.25) is 0 Å². The van der Waals surface area contributed by atoms with Gasteiger partial charge in [-0.3, -0.25) is 9.59 Å². The van der Waals surface area contributed by atoms with E-state index in [1.54, 1.807) is 48.4 Å². The number of hydrogen-bond acceptors (Lipinski definition) is 6. The summed E-state index contributed by atoms with van der Waals surface area (Å²) < 4.78 is 15.9. The second kappa shape index (κ2) is 10.2. The van der Waals surface area contributed by atoms with Gasteiger partial charge in [-0.2, -0.15) is 0 Å². The number of methoxy groups -OCH3 is 3. The van der Waals surface area contributed by atoms with Crippen molar-refractivity contribution >= 4 is 17.4 Å². The normalized spacial score (nSPS) is 17.5. The highest BCUT2D eigenvalue weighted by molar-refractivity contribution is 6.46. The highest BCUT2D eigenvalue weighted by Crippen LogP contribution is 2.41. The van der Waals surface area contributed by atoms with Gasteiger partial charge in [-0.1, -0.05) is 31.9 Å². The van der Waals surface area contributed by atoms with Crippen molar-refractivity contribution in [2.24, 2.45) is 0 Å². The number of carbonyl (C=O) groups excluding carboxylic acids is 2. The topological polar surface area (TPSA) is 85.3 Å². The molecular weight excluding hydrogens is 410 g/mol. The summed E-state index contributed by atoms with van der Waals surface area (Å²) in [6.07, 6.45) is 2.68. The minimum atomic E-state index is -0.713. The monoisotopic (exact) mass is 439 g/mol. The highest BCUT2D eigenvalue weighted by atomic mass is 16.5. The standard InChI is InChI=1S/C25H29NO6/c1-5-6-7-13-26-22(16-9-8-10-18(14-16)30-2)21(24(28)25(26)29)23(27)17-11-12-19(31-3)20(15-17)32-4/h8-12,14-15,22,27H,5-7,13H2,1-4H3/b23-21-. The van der Waals surface area contributed by atoms with E-state index < -0.39 is 17.7 Å². The van der Waals surface area contributed by atoms with Crippen molar-refractivity contribution in [2.75, 3.05) is 27.9 Å². The summed E-state index contributed by atoms with van der Waals surface area (Å²) in [5, 5.41) is 11.2. The molecule has 1 amide bonds. The Kier molecular flexibility index (Phi) is 7.41. The molecule has 7 nitrogen and oxygen atoms in total. The fourth-order valence-corrected chi connectivity index (χ4v) is 3.94. The molecule has 0 spiro atoms. The van der Waals surface area contributed by atoms with Gasteiger partial charge in [0.1, 0.15) is 11.5 Å². The Balaban J connectivity index is 2.15. The average Bonchev–Trinajstić information content (AvgIpc) is 3.08. The first-order valence-corrected chi connectivity index (χ1v) is 10.6. The van der Waals surface area contributed by atoms with Gasteiger partial charge in [0.25, 0.3) is 11.7 Å². The molecule has 1 aliphatic rings. The summed E-state index contributed by atoms with van der Waals surface area (Å²) in [5.41, 5.74) is 1.11. The zero-order valence-corrected chi connectivity index (χ0v) is 18.9. The van der Waals surface area contributed by atoms with Gasteiger partial charge in [-0.05, 0) is 42.3 Å². The number of likely N-dealkylation sites (tertiary alicyclic amines) is 1. The molecule has 1 heterocycles. The summed E-state index contributed by atoms with van der Waals surface area (Å²) >= 11 is 0. The molecule has 0 aliphatic carbocycles. The van der Waals surface area contributed by atoms with E-state index in [1.165, 1.54) is 14.2 Å². The highest BCUT2D eigenvalue weighted by Gasteiger charge is 2.45. The second-order valence-electron chi connectivity index (χ2n) is 7.55. The van der Waals surface area contributed by atoms with Gasteiger partial charge >= 0.3 is 0 Å². The largest absolute Gasteiger partial charge is 0.507 e. The maximum absolute atomic E-state index is 13.1. The molecular formula is C25H29NO6. The van der Waals surface area contributed by atoms with Gasteiger partial charge in [0.05, 0.1) is 32.9 Å². The number of hydrogen-bond donors (Lipinski definition) is 1. The van der Waals surface area contributed by atoms with Gasteiger partial charge in [0.2, 0.25) is 0 Å². The minimum Gasteiger partial charge on any atom is -0.507 e. The van der Waals surface area contributed by atoms with E-state index >= 15 is 0 Å². The van der Waals surface area contributed by atoms with Crippen LogP contribution in [0.3, 0.4) is 0 Å². The fourth-order valence-electron chi connectivity index (χ4n) is 3.94. The number of nitrogens with zero attached hydrogens (tertiary/aromatic N) is 1. The summed E-state index contributed by atoms with van der Waals surface area (Å²) in [6.45, 7) is 2.49. The van der Waals surface area contributed by atoms with E-state index in [1.807, 2.05) is 6.07 Å². The summed E-state index contributed by atoms with van der Waals surface area (Å²) in [5.74, 6) is -0.0690. The van der Waals surface area contributed by atoms with Crippen molar-refractivity contribution in [2.45, 2.75) is 32.2 Å². The molecule has 1 N–H and O–H groups in total. The Morgan fingerprint density at radius 1 is 0.969 bits per heavy atom. The Hall–Kier alpha value is -3.48. The number of carbonyl (C=O) groups is 2. The number of rotatable bonds is 9. The third-order valence-electron chi connectivity index (χ3n) is 5.61. The number of aliphatic hydroxyl groups excluding tert-OH is 1. The van der Waals surface area contributed by atoms with Crippen LogP contribution < -0.4 is 14.2 Å². The van der Waals surface area contributed by atoms with Crippen LogP contribution in [0.1, 0.15) is 43.4 Å². The van der Waals surface area contributed by atoms with Gasteiger partial charge in [0, 0.05) is 12.1 Å². The van der Waals surface area contributed by atoms with Crippen molar-refractivity contribution < 1.29 is 28.9 Å². The summed E-state index contributed by atoms with van der Waals surface area (Å²) in [6, 6.07) is 11.4. The Morgan fingerprint density at radius 2 is 1.72 bits per heavy atom. The molecule has 0 bridgehead atoms. The lowest BCUT2D eigenvalue weighted by Crippen LogP contribution is -2.30. The minimum absolute atomic E-state index is 0.0481. The second-order valence-corrected chi connectivity index (χ2v) is 7.55. The van der Waals surface area contributed by atoms with Crippen LogP contribution in [0.4, 0.5) is 0 Å². The lowest BCUT2D eigenvalue weighted by molar-refractivity contribution is -0.139. The van der Waals surface area contributed by atoms with E-state index in [0.717, 1.165) is 19.3 Å². The molecule has 1 unspecified atom stereocenters. The maximum Gasteiger partial charge on any atom is 0.295 e. The maximum atomic E-state index is 13.1. The first-order valence-electron chi connectivity index (χ1n) is 10.6. The average molecular weight is 440 g/mol. The van der Waals surface area contributed by atoms with E-state index in [9.17, 15) is 14.7 Å². The van der Waals surface area contributed by atoms with Gasteiger partial charge in [-0.25, -0.2) is 0 Å². The lowest BCUT2D eigenvalue weighted by atomic mass is 9.95. The van der Waals surface area contributed by atoms with Gasteiger partial charge in [-0.15, -0.1) is 0 Å². The number of unbranched alkanes of at least 4 members (excludes halogenated alkanes) is 2. The molecule has 7 heteroatoms. The van der Waals surface area contributed by atoms with Gasteiger partial charge < -0.3 is 24.2 Å². The SMILES string of the molecule is CCCCCN1C(=O)C(=O)/C(=C(\O)c2ccc(OC)c(OC)c2)C1c1cccc(OC)c1. The van der Waals surface area contributed by atoms with Crippen LogP contribution >= 0.6 is 0 Å². The first kappa shape index (κ1) is 23.2. The van der Waals surface area contributed by atoms with Crippen LogP contribution in [-0.2, 0) is 9.59 Å². The van der Waals surface area contributed by atoms with E-state index in [-0.39, 0.29) is 11.3 Å². The molecule has 170 valence electrons. The van der Waals surface area contributed by atoms with Crippen LogP contribution in [0.15, 0.2) is 48.0 Å². The predicted octanol–water partition coefficient (Wildman–Crippen LogP) is 4.32. The predicted molar refractivity (Wildman–Crippen MR) is 121 cm³/mol. The molecule has 0 aromatic heterocycles. The summed E-state index contributed by atoms with van der Waals surface area (Å²) in [7, 11) is 4.56. The lowest BCUT2D eigenvalue weighted by Gasteiger charge is -2.25. The van der Waals surface area contributed by atoms with E-state index in [0.29, 0.717) is 34.9 Å². The quantitative estimate of drug-likeness (QED) is 0.271. The third kappa shape index (κ3) is 4.42. The van der Waals surface area contributed by atoms with E-state index in [2.05, 4.69) is 6.92 Å². The number of Topliss-reactive ketones (excluding diaryl/α,β-unsaturated/α-hetero) is 1. The zero-order chi connectivity index (χ0) is 23.3. The first-order chi connectivity index (χ1) is 15.5. The molecule has 2 aromatic carbocycles. The molecule has 1 fully saturated rings. The third-order valence-corrected chi connectivity index (χ3v) is 5.61. The number of amides is 1. The van der Waals surface area contributed by atoms with Crippen LogP contribution in [0.5, 0.6) is 17.2 Å². The molecule has 0 saturated carbocycles. The van der Waals surface area contributed by atoms with E-state index in [4.69, 9.17) is 14.2 Å². The number of benzene rings is 2. The van der Waals surface area contributed by atoms with Crippen molar-refractivity contribution in [3.8, 4) is 17.2 Å². The molecule has 1 atom stereocenters. The number of ketones is 1. The molecule has 2 aromatic rings. The molecule has 32 heavy (non-hydrogen) atoms. The smallest absolute Gasteiger partial charge is 0.295 e. The van der Waals surface area contributed by atoms with Crippen LogP contribution in [0.25, 0.3) is 5.76 Å². The van der Waals surface area contributed by atoms with Crippen LogP contribution in [-0.4, -0.2) is 49.6 Å². The van der Waals surface area contributed by atoms with Crippen molar-refractivity contribution in [1.82, 2.24) is 4.90 Å². The Labute approximate surface area is 188 Å². The zero-order valence-electron chi connectivity index (χ0n) is 18.9. The molecule has 1 aliphatic heterocycles. The molecule has 1 saturated heterocycles. The Morgan fingerprint density at radius 3 is 2.38 bits per heavy atom. The van der Waals surface area contributed by atoms with Crippen LogP contribution in [0, 0.1) is 0 Å². The van der Waals surface area contributed by atoms with Crippen molar-refractivity contribution in [1.29, 1.82) is 0 Å². The molecule has 0 radical (unpaired) electrons. The summed E-state index contributed by atoms with van der Waals surface area (Å²) in [4.78, 5) is 27.6. The Bertz CT molecular complexity index is 1030. The number of aliphatic hydroxyl groups is 1.